The predicted octanol–water partition coefficient (Wildman–Crippen LogP) is 4.42. The van der Waals surface area contributed by atoms with Crippen molar-refractivity contribution in [3.63, 3.8) is 0 Å². The highest BCUT2D eigenvalue weighted by atomic mass is 32.1. The van der Waals surface area contributed by atoms with E-state index in [0.29, 0.717) is 12.2 Å². The Labute approximate surface area is 151 Å². The Morgan fingerprint density at radius 1 is 1.16 bits per heavy atom. The topological polar surface area (TPSA) is 52.0 Å². The van der Waals surface area contributed by atoms with Crippen molar-refractivity contribution in [3.8, 4) is 0 Å². The summed E-state index contributed by atoms with van der Waals surface area (Å²) in [6.45, 7) is 2.02. The number of imidazole rings is 1. The predicted molar refractivity (Wildman–Crippen MR) is 99.3 cm³/mol. The number of hydrogen-bond acceptors (Lipinski definition) is 4. The van der Waals surface area contributed by atoms with E-state index in [1.165, 1.54) is 11.3 Å². The zero-order valence-corrected chi connectivity index (χ0v) is 15.1. The Balaban J connectivity index is 1.85. The first-order valence-electron chi connectivity index (χ1n) is 8.18. The molecule has 2 aromatic heterocycles. The number of benzene rings is 1. The van der Waals surface area contributed by atoms with E-state index in [9.17, 15) is 9.59 Å². The lowest BCUT2D eigenvalue weighted by Gasteiger charge is -2.16. The van der Waals surface area contributed by atoms with E-state index < -0.39 is 0 Å². The molecule has 5 heteroatoms. The quantitative estimate of drug-likeness (QED) is 0.592. The second-order valence-electron chi connectivity index (χ2n) is 6.20. The fraction of sp³-hybridized carbons (Fsp3) is 0.250. The van der Waals surface area contributed by atoms with Crippen LogP contribution in [0.1, 0.15) is 50.2 Å². The van der Waals surface area contributed by atoms with E-state index in [1.807, 2.05) is 42.6 Å². The monoisotopic (exact) mass is 352 g/mol. The molecule has 3 rings (SSSR count). The number of nitrogens with zero attached hydrogens (tertiary/aromatic N) is 2. The van der Waals surface area contributed by atoms with Crippen molar-refractivity contribution in [2.24, 2.45) is 7.05 Å². The Morgan fingerprint density at radius 2 is 1.96 bits per heavy atom. The molecule has 0 spiro atoms. The second kappa shape index (κ2) is 7.57. The first kappa shape index (κ1) is 17.3. The number of ketones is 2. The zero-order valence-electron chi connectivity index (χ0n) is 14.3. The van der Waals surface area contributed by atoms with E-state index in [1.54, 1.807) is 24.0 Å². The lowest BCUT2D eigenvalue weighted by Crippen LogP contribution is -2.15. The third-order valence-corrected chi connectivity index (χ3v) is 5.15. The summed E-state index contributed by atoms with van der Waals surface area (Å²) in [6, 6.07) is 11.7. The molecule has 25 heavy (non-hydrogen) atoms. The minimum atomic E-state index is -0.154. The van der Waals surface area contributed by atoms with Crippen molar-refractivity contribution in [1.82, 2.24) is 9.55 Å². The van der Waals surface area contributed by atoms with E-state index in [-0.39, 0.29) is 23.9 Å². The van der Waals surface area contributed by atoms with Gasteiger partial charge >= 0.3 is 0 Å². The number of carbonyl (C=O) groups excluding carboxylic acids is 2. The summed E-state index contributed by atoms with van der Waals surface area (Å²) >= 11 is 1.44. The van der Waals surface area contributed by atoms with Gasteiger partial charge in [0.05, 0.1) is 4.88 Å². The van der Waals surface area contributed by atoms with Crippen LogP contribution in [-0.2, 0) is 7.05 Å². The fourth-order valence-electron chi connectivity index (χ4n) is 2.94. The first-order valence-corrected chi connectivity index (χ1v) is 9.06. The number of thiophene rings is 1. The number of aryl methyl sites for hydroxylation is 2. The van der Waals surface area contributed by atoms with Crippen molar-refractivity contribution >= 4 is 22.9 Å². The smallest absolute Gasteiger partial charge is 0.198 e. The molecule has 0 saturated heterocycles. The number of carbonyl (C=O) groups is 2. The summed E-state index contributed by atoms with van der Waals surface area (Å²) in [7, 11) is 1.80. The maximum absolute atomic E-state index is 12.7. The van der Waals surface area contributed by atoms with Crippen LogP contribution < -0.4 is 0 Å². The normalized spacial score (nSPS) is 12.1. The van der Waals surface area contributed by atoms with E-state index in [4.69, 9.17) is 0 Å². The summed E-state index contributed by atoms with van der Waals surface area (Å²) in [5.74, 6) is 0.312. The third kappa shape index (κ3) is 4.12. The van der Waals surface area contributed by atoms with Crippen molar-refractivity contribution in [3.05, 3.63) is 76.0 Å². The van der Waals surface area contributed by atoms with Crippen LogP contribution >= 0.6 is 11.3 Å². The van der Waals surface area contributed by atoms with Crippen LogP contribution in [0.25, 0.3) is 0 Å². The van der Waals surface area contributed by atoms with Gasteiger partial charge in [0.25, 0.3) is 0 Å². The summed E-state index contributed by atoms with van der Waals surface area (Å²) in [5, 5.41) is 1.90. The molecule has 1 aromatic carbocycles. The highest BCUT2D eigenvalue weighted by molar-refractivity contribution is 7.12. The van der Waals surface area contributed by atoms with Gasteiger partial charge in [-0.05, 0) is 29.9 Å². The highest BCUT2D eigenvalue weighted by Crippen LogP contribution is 2.28. The van der Waals surface area contributed by atoms with Gasteiger partial charge in [-0.3, -0.25) is 9.59 Å². The minimum Gasteiger partial charge on any atom is -0.332 e. The maximum atomic E-state index is 12.7. The largest absolute Gasteiger partial charge is 0.332 e. The molecular weight excluding hydrogens is 332 g/mol. The van der Waals surface area contributed by atoms with Crippen LogP contribution in [0.15, 0.2) is 54.2 Å². The lowest BCUT2D eigenvalue weighted by molar-refractivity contribution is 0.0938. The molecule has 0 aliphatic carbocycles. The molecule has 0 aliphatic rings. The lowest BCUT2D eigenvalue weighted by atomic mass is 9.88. The van der Waals surface area contributed by atoms with Crippen LogP contribution in [0.3, 0.4) is 0 Å². The molecule has 4 nitrogen and oxygen atoms in total. The van der Waals surface area contributed by atoms with Crippen LogP contribution in [0, 0.1) is 6.92 Å². The van der Waals surface area contributed by atoms with Crippen LogP contribution in [0.2, 0.25) is 0 Å². The standard InChI is InChI=1S/C20H20N2O2S/c1-14-5-3-6-15(11-14)16(12-17(23)19-7-4-10-25-19)13-18(24)20-21-8-9-22(20)2/h3-11,16H,12-13H2,1-2H3/t16-/m1/s1. The van der Waals surface area contributed by atoms with Crippen molar-refractivity contribution in [2.75, 3.05) is 0 Å². The van der Waals surface area contributed by atoms with Crippen molar-refractivity contribution in [1.29, 1.82) is 0 Å². The van der Waals surface area contributed by atoms with Crippen molar-refractivity contribution in [2.45, 2.75) is 25.7 Å². The maximum Gasteiger partial charge on any atom is 0.198 e. The summed E-state index contributed by atoms with van der Waals surface area (Å²) in [6.07, 6.45) is 3.96. The minimum absolute atomic E-state index is 0.0435. The highest BCUT2D eigenvalue weighted by Gasteiger charge is 2.23. The zero-order chi connectivity index (χ0) is 17.8. The molecule has 0 unspecified atom stereocenters. The van der Waals surface area contributed by atoms with Crippen LogP contribution in [0.4, 0.5) is 0 Å². The second-order valence-corrected chi connectivity index (χ2v) is 7.15. The Hall–Kier alpha value is -2.53. The summed E-state index contributed by atoms with van der Waals surface area (Å²) in [4.78, 5) is 30.1. The molecule has 0 radical (unpaired) electrons. The van der Waals surface area contributed by atoms with Crippen LogP contribution in [0.5, 0.6) is 0 Å². The van der Waals surface area contributed by atoms with Crippen molar-refractivity contribution < 1.29 is 9.59 Å². The van der Waals surface area contributed by atoms with Crippen LogP contribution in [-0.4, -0.2) is 21.1 Å². The van der Waals surface area contributed by atoms with Gasteiger partial charge in [-0.1, -0.05) is 35.9 Å². The van der Waals surface area contributed by atoms with E-state index >= 15 is 0 Å². The van der Waals surface area contributed by atoms with Gasteiger partial charge in [0.15, 0.2) is 17.4 Å². The van der Waals surface area contributed by atoms with Gasteiger partial charge in [0, 0.05) is 32.3 Å². The van der Waals surface area contributed by atoms with Gasteiger partial charge in [-0.2, -0.15) is 0 Å². The third-order valence-electron chi connectivity index (χ3n) is 4.24. The van der Waals surface area contributed by atoms with Gasteiger partial charge in [-0.15, -0.1) is 11.3 Å². The fourth-order valence-corrected chi connectivity index (χ4v) is 3.62. The Kier molecular flexibility index (Phi) is 5.24. The Morgan fingerprint density at radius 3 is 2.60 bits per heavy atom. The molecule has 0 bridgehead atoms. The molecule has 3 aromatic rings. The van der Waals surface area contributed by atoms with Gasteiger partial charge in [-0.25, -0.2) is 4.98 Å². The molecular formula is C20H20N2O2S. The number of hydrogen-bond donors (Lipinski definition) is 0. The molecule has 0 fully saturated rings. The molecule has 2 heterocycles. The SMILES string of the molecule is Cc1cccc([C@H](CC(=O)c2cccs2)CC(=O)c2nccn2C)c1. The molecule has 0 saturated carbocycles. The first-order chi connectivity index (χ1) is 12.0. The molecule has 128 valence electrons. The molecule has 1 atom stereocenters. The Bertz CT molecular complexity index is 881. The average molecular weight is 352 g/mol. The number of aromatic nitrogens is 2. The van der Waals surface area contributed by atoms with Gasteiger partial charge in [0.2, 0.25) is 0 Å². The summed E-state index contributed by atoms with van der Waals surface area (Å²) < 4.78 is 1.72. The number of rotatable bonds is 7. The summed E-state index contributed by atoms with van der Waals surface area (Å²) in [5.41, 5.74) is 2.14. The molecule has 0 aliphatic heterocycles. The van der Waals surface area contributed by atoms with Gasteiger partial charge < -0.3 is 4.57 Å². The molecule has 0 N–H and O–H groups in total. The van der Waals surface area contributed by atoms with E-state index in [2.05, 4.69) is 11.1 Å². The molecule has 0 amide bonds. The average Bonchev–Trinajstić information content (AvgIpc) is 3.25. The van der Waals surface area contributed by atoms with Gasteiger partial charge in [0.1, 0.15) is 0 Å². The number of Topliss-reactive ketones (excluding diaryl/α,β-unsaturated/α-hetero) is 2. The van der Waals surface area contributed by atoms with E-state index in [0.717, 1.165) is 16.0 Å².